The highest BCUT2D eigenvalue weighted by molar-refractivity contribution is 5.95. The molecule has 0 bridgehead atoms. The highest BCUT2D eigenvalue weighted by Gasteiger charge is 2.11. The van der Waals surface area contributed by atoms with Crippen LogP contribution >= 0.6 is 0 Å². The van der Waals surface area contributed by atoms with E-state index in [2.05, 4.69) is 9.58 Å². The van der Waals surface area contributed by atoms with Gasteiger partial charge in [-0.15, -0.1) is 0 Å². The fourth-order valence-electron chi connectivity index (χ4n) is 1.28. The standard InChI is InChI=1S/C13H13NO4/c1-14-11(13(16)17-2)9-10-5-3-4-6-12(10)18-8-7-15/h3-6,9,15H,7-8H2,2H3/b11-9-. The maximum atomic E-state index is 11.3. The largest absolute Gasteiger partial charge is 0.491 e. The van der Waals surface area contributed by atoms with E-state index >= 15 is 0 Å². The Morgan fingerprint density at radius 3 is 2.83 bits per heavy atom. The summed E-state index contributed by atoms with van der Waals surface area (Å²) in [6.45, 7) is 6.97. The van der Waals surface area contributed by atoms with E-state index in [1.54, 1.807) is 24.3 Å². The number of carbonyl (C=O) groups excluding carboxylic acids is 1. The smallest absolute Gasteiger partial charge is 0.336 e. The van der Waals surface area contributed by atoms with E-state index in [4.69, 9.17) is 16.4 Å². The van der Waals surface area contributed by atoms with Gasteiger partial charge in [0.15, 0.2) is 0 Å². The highest BCUT2D eigenvalue weighted by Crippen LogP contribution is 2.21. The summed E-state index contributed by atoms with van der Waals surface area (Å²) in [5.74, 6) is -0.196. The van der Waals surface area contributed by atoms with Gasteiger partial charge in [0.1, 0.15) is 12.4 Å². The first-order valence-corrected chi connectivity index (χ1v) is 5.23. The number of hydrogen-bond donors (Lipinski definition) is 1. The summed E-state index contributed by atoms with van der Waals surface area (Å²) < 4.78 is 9.79. The van der Waals surface area contributed by atoms with Crippen LogP contribution in [0.1, 0.15) is 5.56 Å². The van der Waals surface area contributed by atoms with Crippen LogP contribution in [-0.4, -0.2) is 31.4 Å². The van der Waals surface area contributed by atoms with Gasteiger partial charge in [0, 0.05) is 5.56 Å². The van der Waals surface area contributed by atoms with Gasteiger partial charge < -0.3 is 14.6 Å². The van der Waals surface area contributed by atoms with Gasteiger partial charge in [0.25, 0.3) is 5.70 Å². The third kappa shape index (κ3) is 3.61. The molecule has 0 unspecified atom stereocenters. The number of ether oxygens (including phenoxy) is 2. The molecule has 5 heteroatoms. The Morgan fingerprint density at radius 2 is 2.22 bits per heavy atom. The second-order valence-electron chi connectivity index (χ2n) is 3.24. The van der Waals surface area contributed by atoms with E-state index in [0.717, 1.165) is 0 Å². The van der Waals surface area contributed by atoms with Crippen LogP contribution in [0, 0.1) is 6.57 Å². The van der Waals surface area contributed by atoms with Crippen LogP contribution < -0.4 is 4.74 Å². The number of benzene rings is 1. The van der Waals surface area contributed by atoms with E-state index in [1.165, 1.54) is 13.2 Å². The van der Waals surface area contributed by atoms with E-state index < -0.39 is 5.97 Å². The lowest BCUT2D eigenvalue weighted by atomic mass is 10.1. The van der Waals surface area contributed by atoms with E-state index in [0.29, 0.717) is 11.3 Å². The van der Waals surface area contributed by atoms with Gasteiger partial charge in [-0.3, -0.25) is 4.79 Å². The number of nitrogens with zero attached hydrogens (tertiary/aromatic N) is 1. The van der Waals surface area contributed by atoms with Gasteiger partial charge in [-0.1, -0.05) is 18.2 Å². The first-order valence-electron chi connectivity index (χ1n) is 5.23. The van der Waals surface area contributed by atoms with Crippen LogP contribution in [0.25, 0.3) is 10.9 Å². The zero-order valence-corrected chi connectivity index (χ0v) is 9.92. The molecular weight excluding hydrogens is 234 g/mol. The molecule has 5 nitrogen and oxygen atoms in total. The number of carbonyl (C=O) groups is 1. The highest BCUT2D eigenvalue weighted by atomic mass is 16.5. The van der Waals surface area contributed by atoms with Crippen LogP contribution in [0.2, 0.25) is 0 Å². The molecule has 0 aliphatic carbocycles. The van der Waals surface area contributed by atoms with Crippen LogP contribution in [0.3, 0.4) is 0 Å². The predicted molar refractivity (Wildman–Crippen MR) is 65.6 cm³/mol. The maximum absolute atomic E-state index is 11.3. The summed E-state index contributed by atoms with van der Waals surface area (Å²) in [7, 11) is 1.22. The molecular formula is C13H13NO4. The zero-order chi connectivity index (χ0) is 13.4. The van der Waals surface area contributed by atoms with Crippen molar-refractivity contribution in [2.75, 3.05) is 20.3 Å². The molecule has 0 radical (unpaired) electrons. The summed E-state index contributed by atoms with van der Waals surface area (Å²) in [6.07, 6.45) is 1.39. The number of aliphatic hydroxyl groups is 1. The molecule has 1 aromatic rings. The molecule has 0 aliphatic heterocycles. The average Bonchev–Trinajstić information content (AvgIpc) is 2.42. The van der Waals surface area contributed by atoms with Crippen molar-refractivity contribution in [2.45, 2.75) is 0 Å². The summed E-state index contributed by atoms with van der Waals surface area (Å²) in [4.78, 5) is 14.4. The molecule has 0 aliphatic rings. The third-order valence-electron chi connectivity index (χ3n) is 2.08. The molecule has 1 N–H and O–H groups in total. The third-order valence-corrected chi connectivity index (χ3v) is 2.08. The lowest BCUT2D eigenvalue weighted by Crippen LogP contribution is -2.04. The second kappa shape index (κ2) is 7.09. The van der Waals surface area contributed by atoms with Crippen molar-refractivity contribution in [1.82, 2.24) is 0 Å². The first kappa shape index (κ1) is 13.7. The molecule has 0 spiro atoms. The first-order chi connectivity index (χ1) is 8.72. The molecule has 0 heterocycles. The Labute approximate surface area is 105 Å². The van der Waals surface area contributed by atoms with Crippen molar-refractivity contribution in [3.63, 3.8) is 0 Å². The number of aliphatic hydroxyl groups excluding tert-OH is 1. The Bertz CT molecular complexity index is 488. The zero-order valence-electron chi connectivity index (χ0n) is 9.92. The number of esters is 1. The summed E-state index contributed by atoms with van der Waals surface area (Å²) in [5.41, 5.74) is 0.458. The predicted octanol–water partition coefficient (Wildman–Crippen LogP) is 1.49. The second-order valence-corrected chi connectivity index (χ2v) is 3.24. The van der Waals surface area contributed by atoms with E-state index in [9.17, 15) is 4.79 Å². The molecule has 94 valence electrons. The lowest BCUT2D eigenvalue weighted by molar-refractivity contribution is -0.135. The lowest BCUT2D eigenvalue weighted by Gasteiger charge is -2.07. The van der Waals surface area contributed by atoms with Crippen LogP contribution in [0.15, 0.2) is 30.0 Å². The Morgan fingerprint density at radius 1 is 1.50 bits per heavy atom. The average molecular weight is 247 g/mol. The molecule has 0 amide bonds. The van der Waals surface area contributed by atoms with Gasteiger partial charge in [0.2, 0.25) is 0 Å². The molecule has 0 fully saturated rings. The van der Waals surface area contributed by atoms with E-state index in [1.807, 2.05) is 0 Å². The monoisotopic (exact) mass is 247 g/mol. The summed E-state index contributed by atoms with van der Waals surface area (Å²) >= 11 is 0. The van der Waals surface area contributed by atoms with Crippen molar-refractivity contribution in [3.8, 4) is 5.75 Å². The van der Waals surface area contributed by atoms with E-state index in [-0.39, 0.29) is 18.9 Å². The molecule has 0 saturated carbocycles. The van der Waals surface area contributed by atoms with Crippen molar-refractivity contribution in [2.24, 2.45) is 0 Å². The minimum Gasteiger partial charge on any atom is -0.491 e. The topological polar surface area (TPSA) is 60.1 Å². The number of para-hydroxylation sites is 1. The Kier molecular flexibility index (Phi) is 5.42. The number of methoxy groups -OCH3 is 1. The molecule has 0 atom stereocenters. The molecule has 0 saturated heterocycles. The van der Waals surface area contributed by atoms with Gasteiger partial charge in [-0.25, -0.2) is 4.85 Å². The minimum absolute atomic E-state index is 0.106. The van der Waals surface area contributed by atoms with Gasteiger partial charge in [0.05, 0.1) is 20.3 Å². The van der Waals surface area contributed by atoms with Crippen molar-refractivity contribution in [3.05, 3.63) is 46.9 Å². The van der Waals surface area contributed by atoms with Crippen LogP contribution in [-0.2, 0) is 9.53 Å². The number of hydrogen-bond acceptors (Lipinski definition) is 4. The summed E-state index contributed by atoms with van der Waals surface area (Å²) in [6, 6.07) is 6.93. The normalized spacial score (nSPS) is 10.6. The number of rotatable bonds is 5. The fraction of sp³-hybridized carbons (Fsp3) is 0.231. The fourth-order valence-corrected chi connectivity index (χ4v) is 1.28. The quantitative estimate of drug-likeness (QED) is 0.486. The van der Waals surface area contributed by atoms with Crippen molar-refractivity contribution in [1.29, 1.82) is 0 Å². The summed E-state index contributed by atoms with van der Waals surface area (Å²) in [5, 5.41) is 8.71. The molecule has 18 heavy (non-hydrogen) atoms. The van der Waals surface area contributed by atoms with Crippen LogP contribution in [0.5, 0.6) is 5.75 Å². The van der Waals surface area contributed by atoms with Crippen molar-refractivity contribution >= 4 is 12.0 Å². The van der Waals surface area contributed by atoms with Gasteiger partial charge in [-0.2, -0.15) is 0 Å². The van der Waals surface area contributed by atoms with Gasteiger partial charge >= 0.3 is 5.97 Å². The maximum Gasteiger partial charge on any atom is 0.336 e. The minimum atomic E-state index is -0.693. The van der Waals surface area contributed by atoms with Crippen molar-refractivity contribution < 1.29 is 19.4 Å². The van der Waals surface area contributed by atoms with Gasteiger partial charge in [-0.05, 0) is 12.1 Å². The molecule has 0 aromatic heterocycles. The SMILES string of the molecule is [C-]#[N+]/C(=C\c1ccccc1OCCO)C(=O)OC. The molecule has 1 aromatic carbocycles. The molecule has 1 rings (SSSR count). The Hall–Kier alpha value is -2.32. The van der Waals surface area contributed by atoms with Crippen LogP contribution in [0.4, 0.5) is 0 Å². The Balaban J connectivity index is 3.05.